The summed E-state index contributed by atoms with van der Waals surface area (Å²) in [6.45, 7) is 4.17. The standard InChI is InChI=1S/C24H32N2O/c1-2-24(27)26(22-13-7-4-8-14-22)23(18-21-12-9-17-25-19-21)16-15-20-10-5-3-6-11-20/h3-8,10-11,13-14,21,23,25H,2,9,12,15-19H2,1H3. The predicted molar refractivity (Wildman–Crippen MR) is 113 cm³/mol. The van der Waals surface area contributed by atoms with Gasteiger partial charge in [0.2, 0.25) is 5.91 Å². The third-order valence-corrected chi connectivity index (χ3v) is 5.58. The number of hydrogen-bond donors (Lipinski definition) is 1. The number of carbonyl (C=O) groups is 1. The number of benzene rings is 2. The van der Waals surface area contributed by atoms with Gasteiger partial charge in [0.15, 0.2) is 0 Å². The molecule has 1 N–H and O–H groups in total. The van der Waals surface area contributed by atoms with E-state index in [1.54, 1.807) is 0 Å². The molecule has 0 bridgehead atoms. The van der Waals surface area contributed by atoms with E-state index >= 15 is 0 Å². The zero-order valence-electron chi connectivity index (χ0n) is 16.4. The molecule has 0 saturated carbocycles. The van der Waals surface area contributed by atoms with Crippen LogP contribution in [0.5, 0.6) is 0 Å². The van der Waals surface area contributed by atoms with Crippen molar-refractivity contribution < 1.29 is 4.79 Å². The molecule has 1 amide bonds. The molecule has 3 nitrogen and oxygen atoms in total. The van der Waals surface area contributed by atoms with Gasteiger partial charge in [-0.3, -0.25) is 4.79 Å². The van der Waals surface area contributed by atoms with Crippen LogP contribution in [0.4, 0.5) is 5.69 Å². The number of nitrogens with zero attached hydrogens (tertiary/aromatic N) is 1. The zero-order chi connectivity index (χ0) is 18.9. The van der Waals surface area contributed by atoms with Crippen molar-refractivity contribution in [2.24, 2.45) is 5.92 Å². The van der Waals surface area contributed by atoms with E-state index < -0.39 is 0 Å². The lowest BCUT2D eigenvalue weighted by Crippen LogP contribution is -2.43. The van der Waals surface area contributed by atoms with Crippen molar-refractivity contribution in [3.05, 3.63) is 66.2 Å². The second kappa shape index (κ2) is 10.3. The van der Waals surface area contributed by atoms with Gasteiger partial charge < -0.3 is 10.2 Å². The summed E-state index contributed by atoms with van der Waals surface area (Å²) in [6.07, 6.45) is 6.12. The second-order valence-electron chi connectivity index (χ2n) is 7.58. The first-order valence-corrected chi connectivity index (χ1v) is 10.4. The molecule has 2 aromatic rings. The highest BCUT2D eigenvalue weighted by Gasteiger charge is 2.27. The molecule has 0 radical (unpaired) electrons. The zero-order valence-corrected chi connectivity index (χ0v) is 16.4. The van der Waals surface area contributed by atoms with Gasteiger partial charge in [-0.25, -0.2) is 0 Å². The van der Waals surface area contributed by atoms with Gasteiger partial charge in [-0.2, -0.15) is 0 Å². The molecular weight excluding hydrogens is 332 g/mol. The maximum atomic E-state index is 12.9. The first kappa shape index (κ1) is 19.6. The van der Waals surface area contributed by atoms with Crippen LogP contribution in [0.2, 0.25) is 0 Å². The minimum Gasteiger partial charge on any atom is -0.316 e. The molecule has 0 aliphatic carbocycles. The molecular formula is C24H32N2O. The summed E-state index contributed by atoms with van der Waals surface area (Å²) < 4.78 is 0. The normalized spacial score (nSPS) is 18.0. The number of piperidine rings is 1. The molecule has 3 heteroatoms. The fourth-order valence-electron chi connectivity index (χ4n) is 4.16. The molecule has 27 heavy (non-hydrogen) atoms. The lowest BCUT2D eigenvalue weighted by Gasteiger charge is -2.35. The molecule has 1 heterocycles. The van der Waals surface area contributed by atoms with Crippen LogP contribution < -0.4 is 10.2 Å². The van der Waals surface area contributed by atoms with Crippen LogP contribution in [0.25, 0.3) is 0 Å². The molecule has 2 unspecified atom stereocenters. The molecule has 144 valence electrons. The maximum Gasteiger partial charge on any atom is 0.226 e. The molecule has 2 aromatic carbocycles. The van der Waals surface area contributed by atoms with Crippen molar-refractivity contribution in [1.82, 2.24) is 5.32 Å². The Morgan fingerprint density at radius 2 is 1.81 bits per heavy atom. The fourth-order valence-corrected chi connectivity index (χ4v) is 4.16. The van der Waals surface area contributed by atoms with Gasteiger partial charge >= 0.3 is 0 Å². The van der Waals surface area contributed by atoms with Gasteiger partial charge in [0, 0.05) is 18.2 Å². The number of nitrogens with one attached hydrogen (secondary N) is 1. The van der Waals surface area contributed by atoms with Gasteiger partial charge in [-0.15, -0.1) is 0 Å². The van der Waals surface area contributed by atoms with Crippen LogP contribution in [-0.2, 0) is 11.2 Å². The van der Waals surface area contributed by atoms with E-state index in [4.69, 9.17) is 0 Å². The van der Waals surface area contributed by atoms with Gasteiger partial charge in [0.25, 0.3) is 0 Å². The molecule has 1 fully saturated rings. The Labute approximate surface area is 163 Å². The molecule has 1 saturated heterocycles. The van der Waals surface area contributed by atoms with Gasteiger partial charge in [0.1, 0.15) is 0 Å². The number of hydrogen-bond acceptors (Lipinski definition) is 2. The number of anilines is 1. The number of aryl methyl sites for hydroxylation is 1. The van der Waals surface area contributed by atoms with E-state index in [0.717, 1.165) is 38.0 Å². The van der Waals surface area contributed by atoms with Crippen LogP contribution in [0, 0.1) is 5.92 Å². The van der Waals surface area contributed by atoms with Crippen LogP contribution in [-0.4, -0.2) is 25.0 Å². The summed E-state index contributed by atoms with van der Waals surface area (Å²) in [4.78, 5) is 15.0. The lowest BCUT2D eigenvalue weighted by molar-refractivity contribution is -0.118. The molecule has 0 spiro atoms. The Morgan fingerprint density at radius 1 is 1.11 bits per heavy atom. The topological polar surface area (TPSA) is 32.3 Å². The maximum absolute atomic E-state index is 12.9. The Morgan fingerprint density at radius 3 is 2.44 bits per heavy atom. The van der Waals surface area contributed by atoms with Crippen molar-refractivity contribution in [1.29, 1.82) is 0 Å². The average molecular weight is 365 g/mol. The minimum absolute atomic E-state index is 0.225. The number of carbonyl (C=O) groups excluding carboxylic acids is 1. The van der Waals surface area contributed by atoms with E-state index in [0.29, 0.717) is 12.3 Å². The van der Waals surface area contributed by atoms with Crippen LogP contribution >= 0.6 is 0 Å². The van der Waals surface area contributed by atoms with Crippen molar-refractivity contribution >= 4 is 11.6 Å². The van der Waals surface area contributed by atoms with E-state index in [1.807, 2.05) is 25.1 Å². The van der Waals surface area contributed by atoms with Crippen molar-refractivity contribution in [2.45, 2.75) is 51.5 Å². The van der Waals surface area contributed by atoms with Gasteiger partial charge in [-0.05, 0) is 68.8 Å². The van der Waals surface area contributed by atoms with E-state index in [2.05, 4.69) is 52.7 Å². The Bertz CT molecular complexity index is 680. The first-order valence-electron chi connectivity index (χ1n) is 10.4. The monoisotopic (exact) mass is 364 g/mol. The largest absolute Gasteiger partial charge is 0.316 e. The number of rotatable bonds is 8. The van der Waals surface area contributed by atoms with Crippen molar-refractivity contribution in [3.63, 3.8) is 0 Å². The molecule has 1 aliphatic rings. The van der Waals surface area contributed by atoms with E-state index in [-0.39, 0.29) is 11.9 Å². The third kappa shape index (κ3) is 5.67. The SMILES string of the molecule is CCC(=O)N(c1ccccc1)C(CCc1ccccc1)CC1CCCNC1. The first-order chi connectivity index (χ1) is 13.3. The lowest BCUT2D eigenvalue weighted by atomic mass is 9.88. The van der Waals surface area contributed by atoms with Crippen LogP contribution in [0.15, 0.2) is 60.7 Å². The second-order valence-corrected chi connectivity index (χ2v) is 7.58. The van der Waals surface area contributed by atoms with Crippen LogP contribution in [0.3, 0.4) is 0 Å². The smallest absolute Gasteiger partial charge is 0.226 e. The molecule has 2 atom stereocenters. The summed E-state index contributed by atoms with van der Waals surface area (Å²) in [5, 5.41) is 3.53. The Hall–Kier alpha value is -2.13. The highest BCUT2D eigenvalue weighted by atomic mass is 16.2. The summed E-state index contributed by atoms with van der Waals surface area (Å²) in [6, 6.07) is 21.1. The van der Waals surface area contributed by atoms with E-state index in [9.17, 15) is 4.79 Å². The molecule has 3 rings (SSSR count). The van der Waals surface area contributed by atoms with Crippen molar-refractivity contribution in [3.8, 4) is 0 Å². The minimum atomic E-state index is 0.225. The van der Waals surface area contributed by atoms with E-state index in [1.165, 1.54) is 18.4 Å². The number of amides is 1. The highest BCUT2D eigenvalue weighted by Crippen LogP contribution is 2.27. The summed E-state index contributed by atoms with van der Waals surface area (Å²) in [7, 11) is 0. The van der Waals surface area contributed by atoms with Crippen LogP contribution in [0.1, 0.15) is 44.6 Å². The quantitative estimate of drug-likeness (QED) is 0.728. The van der Waals surface area contributed by atoms with Gasteiger partial charge in [-0.1, -0.05) is 55.5 Å². The summed E-state index contributed by atoms with van der Waals surface area (Å²) >= 11 is 0. The third-order valence-electron chi connectivity index (χ3n) is 5.58. The average Bonchev–Trinajstić information content (AvgIpc) is 2.74. The fraction of sp³-hybridized carbons (Fsp3) is 0.458. The molecule has 1 aliphatic heterocycles. The number of para-hydroxylation sites is 1. The van der Waals surface area contributed by atoms with Crippen molar-refractivity contribution in [2.75, 3.05) is 18.0 Å². The highest BCUT2D eigenvalue weighted by molar-refractivity contribution is 5.93. The summed E-state index contributed by atoms with van der Waals surface area (Å²) in [5.74, 6) is 0.874. The summed E-state index contributed by atoms with van der Waals surface area (Å²) in [5.41, 5.74) is 2.38. The molecule has 0 aromatic heterocycles. The van der Waals surface area contributed by atoms with Gasteiger partial charge in [0.05, 0.1) is 0 Å². The Kier molecular flexibility index (Phi) is 7.46. The predicted octanol–water partition coefficient (Wildman–Crippen LogP) is 4.82. The Balaban J connectivity index is 1.81.